The van der Waals surface area contributed by atoms with Gasteiger partial charge in [-0.15, -0.1) is 11.3 Å². The van der Waals surface area contributed by atoms with Gasteiger partial charge in [0.25, 0.3) is 5.91 Å². The summed E-state index contributed by atoms with van der Waals surface area (Å²) in [6.07, 6.45) is 1.93. The first-order valence-corrected chi connectivity index (χ1v) is 11.5. The second-order valence-electron chi connectivity index (χ2n) is 7.12. The van der Waals surface area contributed by atoms with Gasteiger partial charge in [0.2, 0.25) is 10.0 Å². The van der Waals surface area contributed by atoms with Crippen molar-refractivity contribution in [2.45, 2.75) is 24.7 Å². The minimum absolute atomic E-state index is 0.224. The SMILES string of the molecule is C[C@@H]1CCCN(S(=O)(=O)c2ccc(C(=O)Nc3ccc4scnc4c3)cc2)C1. The fraction of sp³-hybridized carbons (Fsp3) is 0.300. The smallest absolute Gasteiger partial charge is 0.255 e. The number of aromatic nitrogens is 1. The summed E-state index contributed by atoms with van der Waals surface area (Å²) in [5, 5.41) is 2.83. The predicted molar refractivity (Wildman–Crippen MR) is 111 cm³/mol. The Bertz CT molecular complexity index is 1110. The quantitative estimate of drug-likeness (QED) is 0.699. The molecular weight excluding hydrogens is 394 g/mol. The van der Waals surface area contributed by atoms with Crippen LogP contribution in [0.4, 0.5) is 5.69 Å². The monoisotopic (exact) mass is 415 g/mol. The molecule has 1 aliphatic heterocycles. The van der Waals surface area contributed by atoms with Crippen molar-refractivity contribution < 1.29 is 13.2 Å². The maximum atomic E-state index is 12.8. The molecule has 4 rings (SSSR count). The lowest BCUT2D eigenvalue weighted by Gasteiger charge is -2.30. The Kier molecular flexibility index (Phi) is 5.18. The number of carbonyl (C=O) groups excluding carboxylic acids is 1. The number of amides is 1. The third-order valence-corrected chi connectivity index (χ3v) is 7.65. The van der Waals surface area contributed by atoms with Gasteiger partial charge in [-0.05, 0) is 61.2 Å². The third-order valence-electron chi connectivity index (χ3n) is 4.96. The number of benzene rings is 2. The predicted octanol–water partition coefficient (Wildman–Crippen LogP) is 3.97. The maximum Gasteiger partial charge on any atom is 0.255 e. The number of piperidine rings is 1. The van der Waals surface area contributed by atoms with Crippen molar-refractivity contribution in [2.24, 2.45) is 5.92 Å². The standard InChI is InChI=1S/C20H21N3O3S2/c1-14-3-2-10-23(12-14)28(25,26)17-7-4-15(5-8-17)20(24)22-16-6-9-19-18(11-16)21-13-27-19/h4-9,11,13-14H,2-3,10,12H2,1H3,(H,22,24)/t14-/m1/s1. The van der Waals surface area contributed by atoms with Crippen molar-refractivity contribution in [3.05, 3.63) is 53.5 Å². The Morgan fingerprint density at radius 1 is 1.21 bits per heavy atom. The van der Waals surface area contributed by atoms with Crippen LogP contribution in [-0.2, 0) is 10.0 Å². The molecule has 2 aromatic carbocycles. The van der Waals surface area contributed by atoms with E-state index in [9.17, 15) is 13.2 Å². The number of hydrogen-bond acceptors (Lipinski definition) is 5. The Labute approximate surface area is 168 Å². The Morgan fingerprint density at radius 2 is 2.00 bits per heavy atom. The lowest BCUT2D eigenvalue weighted by Crippen LogP contribution is -2.39. The van der Waals surface area contributed by atoms with E-state index in [0.717, 1.165) is 23.1 Å². The molecule has 6 nitrogen and oxygen atoms in total. The summed E-state index contributed by atoms with van der Waals surface area (Å²) in [4.78, 5) is 17.0. The first-order valence-electron chi connectivity index (χ1n) is 9.18. The molecule has 3 aromatic rings. The van der Waals surface area contributed by atoms with Crippen molar-refractivity contribution in [3.8, 4) is 0 Å². The highest BCUT2D eigenvalue weighted by atomic mass is 32.2. The fourth-order valence-electron chi connectivity index (χ4n) is 3.43. The summed E-state index contributed by atoms with van der Waals surface area (Å²) in [6.45, 7) is 3.16. The van der Waals surface area contributed by atoms with E-state index in [2.05, 4.69) is 17.2 Å². The van der Waals surface area contributed by atoms with Crippen molar-refractivity contribution in [3.63, 3.8) is 0 Å². The average molecular weight is 416 g/mol. The molecule has 0 bridgehead atoms. The molecule has 1 N–H and O–H groups in total. The molecule has 8 heteroatoms. The van der Waals surface area contributed by atoms with Crippen LogP contribution < -0.4 is 5.32 Å². The maximum absolute atomic E-state index is 12.8. The van der Waals surface area contributed by atoms with Crippen LogP contribution >= 0.6 is 11.3 Å². The normalized spacial score (nSPS) is 18.2. The average Bonchev–Trinajstić information content (AvgIpc) is 3.16. The van der Waals surface area contributed by atoms with Crippen LogP contribution in [0, 0.1) is 5.92 Å². The molecule has 1 amide bonds. The number of thiazole rings is 1. The van der Waals surface area contributed by atoms with Crippen molar-refractivity contribution in [1.82, 2.24) is 9.29 Å². The van der Waals surface area contributed by atoms with Gasteiger partial charge in [0, 0.05) is 24.3 Å². The number of rotatable bonds is 4. The van der Waals surface area contributed by atoms with Gasteiger partial charge in [-0.1, -0.05) is 6.92 Å². The van der Waals surface area contributed by atoms with Gasteiger partial charge in [0.15, 0.2) is 0 Å². The number of carbonyl (C=O) groups is 1. The highest BCUT2D eigenvalue weighted by Crippen LogP contribution is 2.24. The fourth-order valence-corrected chi connectivity index (χ4v) is 5.69. The van der Waals surface area contributed by atoms with Gasteiger partial charge in [-0.2, -0.15) is 4.31 Å². The molecule has 1 saturated heterocycles. The summed E-state index contributed by atoms with van der Waals surface area (Å²) in [5.41, 5.74) is 3.66. The summed E-state index contributed by atoms with van der Waals surface area (Å²) in [5.74, 6) is 0.0775. The van der Waals surface area contributed by atoms with Crippen LogP contribution in [0.15, 0.2) is 52.9 Å². The van der Waals surface area contributed by atoms with Gasteiger partial charge in [0.05, 0.1) is 20.6 Å². The molecule has 2 heterocycles. The van der Waals surface area contributed by atoms with Gasteiger partial charge in [0.1, 0.15) is 0 Å². The van der Waals surface area contributed by atoms with E-state index in [1.165, 1.54) is 12.1 Å². The summed E-state index contributed by atoms with van der Waals surface area (Å²) < 4.78 is 28.2. The number of nitrogens with one attached hydrogen (secondary N) is 1. The highest BCUT2D eigenvalue weighted by molar-refractivity contribution is 7.89. The number of sulfonamides is 1. The van der Waals surface area contributed by atoms with E-state index in [4.69, 9.17) is 0 Å². The number of nitrogens with zero attached hydrogens (tertiary/aromatic N) is 2. The molecule has 0 spiro atoms. The zero-order valence-corrected chi connectivity index (χ0v) is 17.1. The van der Waals surface area contributed by atoms with E-state index < -0.39 is 10.0 Å². The largest absolute Gasteiger partial charge is 0.322 e. The van der Waals surface area contributed by atoms with Gasteiger partial charge >= 0.3 is 0 Å². The third kappa shape index (κ3) is 3.80. The topological polar surface area (TPSA) is 79.4 Å². The van der Waals surface area contributed by atoms with E-state index in [1.807, 2.05) is 18.2 Å². The molecule has 1 atom stereocenters. The lowest BCUT2D eigenvalue weighted by molar-refractivity contribution is 0.102. The molecule has 146 valence electrons. The Morgan fingerprint density at radius 3 is 2.75 bits per heavy atom. The molecule has 0 aliphatic carbocycles. The highest BCUT2D eigenvalue weighted by Gasteiger charge is 2.28. The van der Waals surface area contributed by atoms with Crippen LogP contribution in [0.25, 0.3) is 10.2 Å². The van der Waals surface area contributed by atoms with Gasteiger partial charge in [-0.25, -0.2) is 13.4 Å². The Hall–Kier alpha value is -2.29. The first-order chi connectivity index (χ1) is 13.4. The number of anilines is 1. The van der Waals surface area contributed by atoms with E-state index in [-0.39, 0.29) is 10.8 Å². The molecule has 1 fully saturated rings. The van der Waals surface area contributed by atoms with Gasteiger partial charge in [-0.3, -0.25) is 4.79 Å². The second-order valence-corrected chi connectivity index (χ2v) is 9.95. The van der Waals surface area contributed by atoms with Crippen LogP contribution in [0.5, 0.6) is 0 Å². The minimum Gasteiger partial charge on any atom is -0.322 e. The summed E-state index contributed by atoms with van der Waals surface area (Å²) in [6, 6.07) is 11.7. The number of hydrogen-bond donors (Lipinski definition) is 1. The molecule has 1 aromatic heterocycles. The molecule has 0 unspecified atom stereocenters. The zero-order valence-electron chi connectivity index (χ0n) is 15.5. The van der Waals surface area contributed by atoms with E-state index >= 15 is 0 Å². The van der Waals surface area contributed by atoms with Crippen molar-refractivity contribution in [2.75, 3.05) is 18.4 Å². The molecule has 1 aliphatic rings. The molecule has 0 radical (unpaired) electrons. The molecule has 0 saturated carbocycles. The minimum atomic E-state index is -3.52. The van der Waals surface area contributed by atoms with Crippen LogP contribution in [0.1, 0.15) is 30.1 Å². The van der Waals surface area contributed by atoms with Crippen LogP contribution in [-0.4, -0.2) is 36.7 Å². The molecule has 28 heavy (non-hydrogen) atoms. The van der Waals surface area contributed by atoms with Crippen LogP contribution in [0.2, 0.25) is 0 Å². The number of fused-ring (bicyclic) bond motifs is 1. The Balaban J connectivity index is 1.49. The zero-order chi connectivity index (χ0) is 19.7. The lowest BCUT2D eigenvalue weighted by atomic mass is 10.0. The van der Waals surface area contributed by atoms with E-state index in [1.54, 1.807) is 33.3 Å². The second kappa shape index (κ2) is 7.62. The van der Waals surface area contributed by atoms with Gasteiger partial charge < -0.3 is 5.32 Å². The summed E-state index contributed by atoms with van der Waals surface area (Å²) >= 11 is 1.54. The van der Waals surface area contributed by atoms with Crippen molar-refractivity contribution in [1.29, 1.82) is 0 Å². The van der Waals surface area contributed by atoms with Crippen LogP contribution in [0.3, 0.4) is 0 Å². The first kappa shape index (κ1) is 19.0. The molecular formula is C20H21N3O3S2. The van der Waals surface area contributed by atoms with Crippen molar-refractivity contribution >= 4 is 43.2 Å². The van der Waals surface area contributed by atoms with E-state index in [0.29, 0.717) is 30.3 Å². The summed E-state index contributed by atoms with van der Waals surface area (Å²) in [7, 11) is -3.52.